The molecule has 1 nitrogen and oxygen atoms in total. The highest BCUT2D eigenvalue weighted by molar-refractivity contribution is 6.72. The standard InChI is InChI=1S/C4H10OSi2/c1-6-3-4-7(2)5-6/h7H,1,3-4H2,2H3. The van der Waals surface area contributed by atoms with E-state index < -0.39 is 17.7 Å². The van der Waals surface area contributed by atoms with Gasteiger partial charge in [-0.3, -0.25) is 0 Å². The third-order valence-electron chi connectivity index (χ3n) is 1.20. The first-order valence-electron chi connectivity index (χ1n) is 2.63. The molecule has 0 bridgehead atoms. The summed E-state index contributed by atoms with van der Waals surface area (Å²) in [6.45, 7) is 2.25. The molecule has 0 saturated carbocycles. The summed E-state index contributed by atoms with van der Waals surface area (Å²) >= 11 is 0. The summed E-state index contributed by atoms with van der Waals surface area (Å²) in [5, 5.41) is 0. The van der Waals surface area contributed by atoms with Crippen molar-refractivity contribution in [2.75, 3.05) is 0 Å². The Morgan fingerprint density at radius 1 is 1.86 bits per heavy atom. The molecule has 1 heterocycles. The molecule has 0 aromatic carbocycles. The predicted molar refractivity (Wildman–Crippen MR) is 36.6 cm³/mol. The molecular weight excluding hydrogens is 120 g/mol. The minimum absolute atomic E-state index is 0.494. The Morgan fingerprint density at radius 2 is 2.57 bits per heavy atom. The van der Waals surface area contributed by atoms with Gasteiger partial charge in [0, 0.05) is 0 Å². The van der Waals surface area contributed by atoms with Crippen molar-refractivity contribution in [2.45, 2.75) is 18.6 Å². The minimum Gasteiger partial charge on any atom is -0.607 e. The zero-order chi connectivity index (χ0) is 5.28. The summed E-state index contributed by atoms with van der Waals surface area (Å²) < 4.78 is 5.49. The largest absolute Gasteiger partial charge is 0.607 e. The van der Waals surface area contributed by atoms with Crippen molar-refractivity contribution >= 4 is 23.9 Å². The van der Waals surface area contributed by atoms with Crippen LogP contribution in [-0.2, 0) is 4.12 Å². The molecule has 3 heteroatoms. The molecule has 1 aliphatic heterocycles. The fraction of sp³-hybridized carbons (Fsp3) is 0.750. The maximum absolute atomic E-state index is 5.49. The first-order chi connectivity index (χ1) is 3.29. The number of rotatable bonds is 0. The van der Waals surface area contributed by atoms with Gasteiger partial charge in [-0.25, -0.2) is 0 Å². The van der Waals surface area contributed by atoms with Crippen molar-refractivity contribution in [1.82, 2.24) is 0 Å². The molecule has 0 radical (unpaired) electrons. The lowest BCUT2D eigenvalue weighted by Gasteiger charge is -1.98. The lowest BCUT2D eigenvalue weighted by molar-refractivity contribution is 0.639. The van der Waals surface area contributed by atoms with Gasteiger partial charge in [0.25, 0.3) is 0 Å². The van der Waals surface area contributed by atoms with Crippen molar-refractivity contribution in [2.24, 2.45) is 0 Å². The van der Waals surface area contributed by atoms with Crippen LogP contribution in [0.25, 0.3) is 0 Å². The van der Waals surface area contributed by atoms with Crippen LogP contribution in [0.3, 0.4) is 0 Å². The molecule has 1 saturated heterocycles. The van der Waals surface area contributed by atoms with E-state index in [4.69, 9.17) is 4.12 Å². The zero-order valence-corrected chi connectivity index (χ0v) is 6.76. The monoisotopic (exact) mass is 130 g/mol. The van der Waals surface area contributed by atoms with E-state index in [1.165, 1.54) is 12.1 Å². The molecule has 40 valence electrons. The fourth-order valence-corrected chi connectivity index (χ4v) is 6.90. The summed E-state index contributed by atoms with van der Waals surface area (Å²) in [6.07, 6.45) is 3.90. The van der Waals surface area contributed by atoms with Gasteiger partial charge in [0.05, 0.1) is 0 Å². The van der Waals surface area contributed by atoms with Crippen LogP contribution in [0.1, 0.15) is 0 Å². The van der Waals surface area contributed by atoms with E-state index in [0.29, 0.717) is 0 Å². The Morgan fingerprint density at radius 3 is 2.71 bits per heavy atom. The molecule has 1 aliphatic rings. The average Bonchev–Trinajstić information content (AvgIpc) is 1.87. The van der Waals surface area contributed by atoms with Crippen LogP contribution in [0.2, 0.25) is 18.6 Å². The smallest absolute Gasteiger partial charge is 0.213 e. The van der Waals surface area contributed by atoms with Crippen LogP contribution < -0.4 is 0 Å². The molecule has 0 aromatic heterocycles. The van der Waals surface area contributed by atoms with Crippen LogP contribution in [0.5, 0.6) is 0 Å². The van der Waals surface area contributed by atoms with Crippen LogP contribution >= 0.6 is 0 Å². The highest BCUT2D eigenvalue weighted by Crippen LogP contribution is 2.09. The van der Waals surface area contributed by atoms with Gasteiger partial charge < -0.3 is 4.12 Å². The first kappa shape index (κ1) is 5.24. The molecule has 1 atom stereocenters. The van der Waals surface area contributed by atoms with Gasteiger partial charge in [-0.1, -0.05) is 6.17 Å². The molecule has 0 aromatic rings. The Bertz CT molecular complexity index is 91.7. The van der Waals surface area contributed by atoms with Crippen LogP contribution in [0, 0.1) is 0 Å². The van der Waals surface area contributed by atoms with Gasteiger partial charge in [0.15, 0.2) is 0 Å². The maximum Gasteiger partial charge on any atom is 0.213 e. The third-order valence-corrected chi connectivity index (χ3v) is 6.67. The highest BCUT2D eigenvalue weighted by atomic mass is 28.4. The van der Waals surface area contributed by atoms with Crippen molar-refractivity contribution in [3.63, 3.8) is 0 Å². The SMILES string of the molecule is C=[Si]1CC[SiH](C)O1. The van der Waals surface area contributed by atoms with Crippen LogP contribution in [0.15, 0.2) is 0 Å². The lowest BCUT2D eigenvalue weighted by atomic mass is 11.0. The summed E-state index contributed by atoms with van der Waals surface area (Å²) in [5.74, 6) is 0. The Hall–Kier alpha value is 0.104. The molecule has 1 fully saturated rings. The van der Waals surface area contributed by atoms with Gasteiger partial charge in [-0.2, -0.15) is 0 Å². The molecular formula is C4H10OSi2. The van der Waals surface area contributed by atoms with E-state index in [9.17, 15) is 0 Å². The lowest BCUT2D eigenvalue weighted by Crippen LogP contribution is -2.06. The van der Waals surface area contributed by atoms with Gasteiger partial charge in [0.1, 0.15) is 0 Å². The van der Waals surface area contributed by atoms with Gasteiger partial charge in [0.2, 0.25) is 17.7 Å². The third kappa shape index (κ3) is 1.24. The van der Waals surface area contributed by atoms with Crippen molar-refractivity contribution in [3.8, 4) is 0 Å². The normalized spacial score (nSPS) is 30.4. The van der Waals surface area contributed by atoms with Crippen molar-refractivity contribution in [3.05, 3.63) is 0 Å². The molecule has 1 rings (SSSR count). The minimum atomic E-state index is -0.624. The van der Waals surface area contributed by atoms with Crippen LogP contribution in [-0.4, -0.2) is 23.9 Å². The molecule has 0 N–H and O–H groups in total. The topological polar surface area (TPSA) is 9.23 Å². The Kier molecular flexibility index (Phi) is 1.44. The van der Waals surface area contributed by atoms with E-state index in [0.717, 1.165) is 0 Å². The predicted octanol–water partition coefficient (Wildman–Crippen LogP) is 0.375. The molecule has 0 amide bonds. The number of hydrogen-bond donors (Lipinski definition) is 0. The second-order valence-corrected chi connectivity index (χ2v) is 6.72. The first-order valence-corrected chi connectivity index (χ1v) is 6.90. The Labute approximate surface area is 47.4 Å². The molecule has 0 spiro atoms. The zero-order valence-electron chi connectivity index (χ0n) is 4.61. The summed E-state index contributed by atoms with van der Waals surface area (Å²) in [7, 11) is -1.12. The maximum atomic E-state index is 5.49. The van der Waals surface area contributed by atoms with Gasteiger partial charge in [-0.05, 0) is 18.6 Å². The average molecular weight is 130 g/mol. The second-order valence-electron chi connectivity index (χ2n) is 2.01. The molecule has 1 unspecified atom stereocenters. The molecule has 7 heavy (non-hydrogen) atoms. The molecule has 0 aliphatic carbocycles. The Balaban J connectivity index is 2.40. The summed E-state index contributed by atoms with van der Waals surface area (Å²) in [5.41, 5.74) is 0. The van der Waals surface area contributed by atoms with Crippen LogP contribution in [0.4, 0.5) is 0 Å². The summed E-state index contributed by atoms with van der Waals surface area (Å²) in [6, 6.07) is 2.68. The van der Waals surface area contributed by atoms with Crippen molar-refractivity contribution in [1.29, 1.82) is 0 Å². The van der Waals surface area contributed by atoms with Gasteiger partial charge >= 0.3 is 0 Å². The van der Waals surface area contributed by atoms with E-state index >= 15 is 0 Å². The highest BCUT2D eigenvalue weighted by Gasteiger charge is 2.15. The fourth-order valence-electron chi connectivity index (χ4n) is 0.767. The summed E-state index contributed by atoms with van der Waals surface area (Å²) in [4.78, 5) is 0. The quantitative estimate of drug-likeness (QED) is 0.431. The van der Waals surface area contributed by atoms with E-state index in [1.807, 2.05) is 0 Å². The van der Waals surface area contributed by atoms with Crippen molar-refractivity contribution < 1.29 is 4.12 Å². The van der Waals surface area contributed by atoms with E-state index in [2.05, 4.69) is 12.7 Å². The van der Waals surface area contributed by atoms with E-state index in [1.54, 1.807) is 0 Å². The van der Waals surface area contributed by atoms with Gasteiger partial charge in [-0.15, -0.1) is 0 Å². The second kappa shape index (κ2) is 1.92. The number of hydrogen-bond acceptors (Lipinski definition) is 1. The van der Waals surface area contributed by atoms with E-state index in [-0.39, 0.29) is 0 Å².